The van der Waals surface area contributed by atoms with E-state index < -0.39 is 15.7 Å². The van der Waals surface area contributed by atoms with Crippen LogP contribution in [0.5, 0.6) is 0 Å². The van der Waals surface area contributed by atoms with E-state index in [1.807, 2.05) is 6.92 Å². The third kappa shape index (κ3) is 5.51. The van der Waals surface area contributed by atoms with Crippen LogP contribution in [0.25, 0.3) is 0 Å². The minimum atomic E-state index is -3.49. The van der Waals surface area contributed by atoms with Gasteiger partial charge in [0.1, 0.15) is 11.6 Å². The second-order valence-electron chi connectivity index (χ2n) is 4.52. The summed E-state index contributed by atoms with van der Waals surface area (Å²) in [7, 11) is -3.49. The van der Waals surface area contributed by atoms with Crippen molar-refractivity contribution in [1.82, 2.24) is 0 Å². The van der Waals surface area contributed by atoms with Gasteiger partial charge in [0.25, 0.3) is 0 Å². The van der Waals surface area contributed by atoms with Gasteiger partial charge in [-0.25, -0.2) is 12.8 Å². The maximum Gasteiger partial charge on any atom is 0.178 e. The average molecular weight is 286 g/mol. The predicted molar refractivity (Wildman–Crippen MR) is 72.2 cm³/mol. The van der Waals surface area contributed by atoms with E-state index in [0.29, 0.717) is 6.42 Å². The number of rotatable bonds is 8. The summed E-state index contributed by atoms with van der Waals surface area (Å²) in [5, 5.41) is 0. The lowest BCUT2D eigenvalue weighted by atomic mass is 10.1. The number of hydrogen-bond acceptors (Lipinski definition) is 3. The molecule has 0 radical (unpaired) electrons. The first-order chi connectivity index (χ1) is 8.95. The summed E-state index contributed by atoms with van der Waals surface area (Å²) in [6.07, 6.45) is 3.29. The Labute approximate surface area is 113 Å². The molecule has 0 saturated carbocycles. The Morgan fingerprint density at radius 3 is 2.32 bits per heavy atom. The lowest BCUT2D eigenvalue weighted by molar-refractivity contribution is -0.118. The van der Waals surface area contributed by atoms with Crippen LogP contribution in [-0.4, -0.2) is 20.0 Å². The van der Waals surface area contributed by atoms with Crippen molar-refractivity contribution in [3.8, 4) is 0 Å². The normalized spacial score (nSPS) is 11.5. The fourth-order valence-corrected chi connectivity index (χ4v) is 2.99. The van der Waals surface area contributed by atoms with Crippen LogP contribution in [0.2, 0.25) is 0 Å². The molecule has 0 N–H and O–H groups in total. The van der Waals surface area contributed by atoms with Crippen LogP contribution in [0.15, 0.2) is 29.2 Å². The van der Waals surface area contributed by atoms with Gasteiger partial charge >= 0.3 is 0 Å². The van der Waals surface area contributed by atoms with Gasteiger partial charge in [0.05, 0.1) is 10.6 Å². The molecule has 0 aliphatic heterocycles. The minimum Gasteiger partial charge on any atom is -0.300 e. The number of carbonyl (C=O) groups is 1. The van der Waals surface area contributed by atoms with Crippen LogP contribution < -0.4 is 0 Å². The lowest BCUT2D eigenvalue weighted by Gasteiger charge is -2.04. The summed E-state index contributed by atoms with van der Waals surface area (Å²) < 4.78 is 36.5. The Kier molecular flexibility index (Phi) is 6.15. The molecule has 0 spiro atoms. The SMILES string of the molecule is CCCCCC(=O)CCS(=O)(=O)c1ccc(F)cc1. The van der Waals surface area contributed by atoms with Crippen molar-refractivity contribution in [2.75, 3.05) is 5.75 Å². The number of benzene rings is 1. The smallest absolute Gasteiger partial charge is 0.178 e. The molecule has 0 heterocycles. The van der Waals surface area contributed by atoms with E-state index in [1.165, 1.54) is 12.1 Å². The highest BCUT2D eigenvalue weighted by atomic mass is 32.2. The van der Waals surface area contributed by atoms with E-state index >= 15 is 0 Å². The molecule has 3 nitrogen and oxygen atoms in total. The summed E-state index contributed by atoms with van der Waals surface area (Å²) >= 11 is 0. The quantitative estimate of drug-likeness (QED) is 0.545. The van der Waals surface area contributed by atoms with E-state index in [1.54, 1.807) is 0 Å². The highest BCUT2D eigenvalue weighted by Gasteiger charge is 2.16. The summed E-state index contributed by atoms with van der Waals surface area (Å²) in [6, 6.07) is 4.67. The third-order valence-corrected chi connectivity index (χ3v) is 4.61. The van der Waals surface area contributed by atoms with Gasteiger partial charge in [-0.3, -0.25) is 4.79 Å². The van der Waals surface area contributed by atoms with Gasteiger partial charge < -0.3 is 0 Å². The molecular formula is C14H19FO3S. The molecule has 106 valence electrons. The fraction of sp³-hybridized carbons (Fsp3) is 0.500. The second kappa shape index (κ2) is 7.38. The molecule has 0 aromatic heterocycles. The minimum absolute atomic E-state index is 0.0286. The highest BCUT2D eigenvalue weighted by molar-refractivity contribution is 7.91. The van der Waals surface area contributed by atoms with Crippen molar-refractivity contribution in [3.63, 3.8) is 0 Å². The number of hydrogen-bond donors (Lipinski definition) is 0. The van der Waals surface area contributed by atoms with Crippen molar-refractivity contribution in [3.05, 3.63) is 30.1 Å². The molecule has 5 heteroatoms. The first-order valence-electron chi connectivity index (χ1n) is 6.45. The molecule has 0 bridgehead atoms. The zero-order valence-corrected chi connectivity index (χ0v) is 11.9. The number of Topliss-reactive ketones (excluding diaryl/α,β-unsaturated/α-hetero) is 1. The average Bonchev–Trinajstić information content (AvgIpc) is 2.37. The van der Waals surface area contributed by atoms with Gasteiger partial charge in [-0.2, -0.15) is 0 Å². The molecule has 0 saturated heterocycles. The van der Waals surface area contributed by atoms with Gasteiger partial charge in [0.15, 0.2) is 9.84 Å². The summed E-state index contributed by atoms with van der Waals surface area (Å²) in [4.78, 5) is 11.6. The maximum atomic E-state index is 12.7. The molecule has 1 aromatic carbocycles. The van der Waals surface area contributed by atoms with Crippen LogP contribution in [0.1, 0.15) is 39.0 Å². The number of unbranched alkanes of at least 4 members (excludes halogenated alkanes) is 2. The van der Waals surface area contributed by atoms with E-state index in [2.05, 4.69) is 0 Å². The van der Waals surface area contributed by atoms with Gasteiger partial charge in [0, 0.05) is 12.8 Å². The maximum absolute atomic E-state index is 12.7. The van der Waals surface area contributed by atoms with E-state index in [0.717, 1.165) is 31.4 Å². The third-order valence-electron chi connectivity index (χ3n) is 2.88. The molecule has 0 amide bonds. The van der Waals surface area contributed by atoms with Gasteiger partial charge in [-0.05, 0) is 30.7 Å². The lowest BCUT2D eigenvalue weighted by Crippen LogP contribution is -2.11. The molecule has 0 aliphatic rings. The van der Waals surface area contributed by atoms with Crippen molar-refractivity contribution in [2.45, 2.75) is 43.9 Å². The summed E-state index contributed by atoms with van der Waals surface area (Å²) in [5.74, 6) is -0.711. The number of halogens is 1. The summed E-state index contributed by atoms with van der Waals surface area (Å²) in [6.45, 7) is 2.05. The largest absolute Gasteiger partial charge is 0.300 e. The van der Waals surface area contributed by atoms with Crippen LogP contribution in [0.4, 0.5) is 4.39 Å². The Hall–Kier alpha value is -1.23. The van der Waals surface area contributed by atoms with E-state index in [9.17, 15) is 17.6 Å². The predicted octanol–water partition coefficient (Wildman–Crippen LogP) is 3.14. The van der Waals surface area contributed by atoms with E-state index in [-0.39, 0.29) is 22.9 Å². The van der Waals surface area contributed by atoms with Crippen LogP contribution in [-0.2, 0) is 14.6 Å². The zero-order valence-electron chi connectivity index (χ0n) is 11.1. The zero-order chi connectivity index (χ0) is 14.3. The van der Waals surface area contributed by atoms with Gasteiger partial charge in [0.2, 0.25) is 0 Å². The Bertz CT molecular complexity index is 506. The Balaban J connectivity index is 2.51. The highest BCUT2D eigenvalue weighted by Crippen LogP contribution is 2.13. The molecule has 0 fully saturated rings. The van der Waals surface area contributed by atoms with Crippen LogP contribution >= 0.6 is 0 Å². The van der Waals surface area contributed by atoms with Crippen molar-refractivity contribution in [1.29, 1.82) is 0 Å². The molecule has 1 aromatic rings. The van der Waals surface area contributed by atoms with Crippen molar-refractivity contribution >= 4 is 15.6 Å². The number of sulfone groups is 1. The molecular weight excluding hydrogens is 267 g/mol. The van der Waals surface area contributed by atoms with Gasteiger partial charge in [-0.1, -0.05) is 19.8 Å². The molecule has 0 aliphatic carbocycles. The monoisotopic (exact) mass is 286 g/mol. The molecule has 0 unspecified atom stereocenters. The number of ketones is 1. The topological polar surface area (TPSA) is 51.2 Å². The number of carbonyl (C=O) groups excluding carboxylic acids is 1. The van der Waals surface area contributed by atoms with Crippen LogP contribution in [0.3, 0.4) is 0 Å². The second-order valence-corrected chi connectivity index (χ2v) is 6.63. The molecule has 19 heavy (non-hydrogen) atoms. The van der Waals surface area contributed by atoms with Gasteiger partial charge in [-0.15, -0.1) is 0 Å². The first kappa shape index (κ1) is 15.8. The Morgan fingerprint density at radius 1 is 1.11 bits per heavy atom. The van der Waals surface area contributed by atoms with Crippen molar-refractivity contribution in [2.24, 2.45) is 0 Å². The standard InChI is InChI=1S/C14H19FO3S/c1-2-3-4-5-13(16)10-11-19(17,18)14-8-6-12(15)7-9-14/h6-9H,2-5,10-11H2,1H3. The molecule has 1 rings (SSSR count). The fourth-order valence-electron chi connectivity index (χ4n) is 1.71. The van der Waals surface area contributed by atoms with E-state index in [4.69, 9.17) is 0 Å². The van der Waals surface area contributed by atoms with Crippen LogP contribution in [0, 0.1) is 5.82 Å². The Morgan fingerprint density at radius 2 is 1.74 bits per heavy atom. The summed E-state index contributed by atoms with van der Waals surface area (Å²) in [5.41, 5.74) is 0. The molecule has 0 atom stereocenters. The van der Waals surface area contributed by atoms with Crippen molar-refractivity contribution < 1.29 is 17.6 Å². The first-order valence-corrected chi connectivity index (χ1v) is 8.11.